The minimum atomic E-state index is -0.425. The van der Waals surface area contributed by atoms with Crippen LogP contribution < -0.4 is 20.9 Å². The Morgan fingerprint density at radius 2 is 2.11 bits per heavy atom. The maximum atomic E-state index is 12.8. The highest BCUT2D eigenvalue weighted by Crippen LogP contribution is 2.35. The summed E-state index contributed by atoms with van der Waals surface area (Å²) in [6, 6.07) is 9.28. The van der Waals surface area contributed by atoms with Crippen molar-refractivity contribution >= 4 is 0 Å². The SMILES string of the molecule is Cc1ccc(-c2ccc3c(c2)OCO3)nc1-n1cnn(C/C(=C/F)CN)c1=O. The molecule has 1 aliphatic heterocycles. The van der Waals surface area contributed by atoms with Crippen LogP contribution in [0.2, 0.25) is 0 Å². The van der Waals surface area contributed by atoms with Crippen LogP contribution >= 0.6 is 0 Å². The Bertz CT molecular complexity index is 1120. The molecule has 0 atom stereocenters. The zero-order valence-corrected chi connectivity index (χ0v) is 15.1. The molecule has 4 rings (SSSR count). The van der Waals surface area contributed by atoms with E-state index in [9.17, 15) is 9.18 Å². The Morgan fingerprint density at radius 1 is 1.29 bits per heavy atom. The van der Waals surface area contributed by atoms with Gasteiger partial charge in [-0.15, -0.1) is 0 Å². The number of benzene rings is 1. The Balaban J connectivity index is 1.72. The van der Waals surface area contributed by atoms with Crippen molar-refractivity contribution in [3.63, 3.8) is 0 Å². The van der Waals surface area contributed by atoms with E-state index in [-0.39, 0.29) is 25.5 Å². The third kappa shape index (κ3) is 3.16. The van der Waals surface area contributed by atoms with Crippen molar-refractivity contribution in [2.45, 2.75) is 13.5 Å². The normalized spacial score (nSPS) is 13.2. The summed E-state index contributed by atoms with van der Waals surface area (Å²) in [6.45, 7) is 2.03. The number of rotatable bonds is 5. The molecule has 0 fully saturated rings. The molecular formula is C19H18FN5O3. The molecule has 3 heterocycles. The highest BCUT2D eigenvalue weighted by atomic mass is 19.1. The topological polar surface area (TPSA) is 97.2 Å². The van der Waals surface area contributed by atoms with Gasteiger partial charge in [-0.25, -0.2) is 23.4 Å². The van der Waals surface area contributed by atoms with Crippen LogP contribution in [0.3, 0.4) is 0 Å². The van der Waals surface area contributed by atoms with E-state index in [2.05, 4.69) is 10.1 Å². The van der Waals surface area contributed by atoms with Gasteiger partial charge in [0.25, 0.3) is 0 Å². The molecule has 0 unspecified atom stereocenters. The average Bonchev–Trinajstić information content (AvgIpc) is 3.32. The van der Waals surface area contributed by atoms with Gasteiger partial charge in [-0.3, -0.25) is 0 Å². The molecule has 0 amide bonds. The summed E-state index contributed by atoms with van der Waals surface area (Å²) >= 11 is 0. The zero-order chi connectivity index (χ0) is 19.7. The highest BCUT2D eigenvalue weighted by Gasteiger charge is 2.16. The first-order valence-electron chi connectivity index (χ1n) is 8.61. The van der Waals surface area contributed by atoms with Gasteiger partial charge in [0.2, 0.25) is 6.79 Å². The van der Waals surface area contributed by atoms with Gasteiger partial charge < -0.3 is 15.2 Å². The van der Waals surface area contributed by atoms with E-state index in [0.717, 1.165) is 15.8 Å². The van der Waals surface area contributed by atoms with Crippen molar-refractivity contribution in [3.8, 4) is 28.6 Å². The molecule has 8 nitrogen and oxygen atoms in total. The lowest BCUT2D eigenvalue weighted by Crippen LogP contribution is -2.26. The summed E-state index contributed by atoms with van der Waals surface area (Å²) in [6.07, 6.45) is 1.77. The van der Waals surface area contributed by atoms with Gasteiger partial charge in [0.15, 0.2) is 11.5 Å². The smallest absolute Gasteiger partial charge is 0.351 e. The number of nitrogens with two attached hydrogens (primary N) is 1. The maximum Gasteiger partial charge on any atom is 0.351 e. The van der Waals surface area contributed by atoms with Gasteiger partial charge in [-0.2, -0.15) is 5.10 Å². The predicted octanol–water partition coefficient (Wildman–Crippen LogP) is 1.95. The van der Waals surface area contributed by atoms with Crippen LogP contribution in [0.4, 0.5) is 4.39 Å². The summed E-state index contributed by atoms with van der Waals surface area (Å²) in [5.41, 5.74) is 7.60. The molecule has 1 aromatic carbocycles. The van der Waals surface area contributed by atoms with Gasteiger partial charge in [0.1, 0.15) is 12.1 Å². The average molecular weight is 383 g/mol. The van der Waals surface area contributed by atoms with Gasteiger partial charge in [-0.1, -0.05) is 6.07 Å². The van der Waals surface area contributed by atoms with Crippen LogP contribution in [0.15, 0.2) is 53.4 Å². The van der Waals surface area contributed by atoms with E-state index in [0.29, 0.717) is 29.3 Å². The van der Waals surface area contributed by atoms with E-state index in [1.54, 1.807) is 0 Å². The fraction of sp³-hybridized carbons (Fsp3) is 0.211. The summed E-state index contributed by atoms with van der Waals surface area (Å²) in [5, 5.41) is 4.05. The van der Waals surface area contributed by atoms with Gasteiger partial charge >= 0.3 is 5.69 Å². The molecule has 2 N–H and O–H groups in total. The molecule has 0 radical (unpaired) electrons. The summed E-state index contributed by atoms with van der Waals surface area (Å²) in [4.78, 5) is 17.3. The van der Waals surface area contributed by atoms with E-state index in [4.69, 9.17) is 15.2 Å². The lowest BCUT2D eigenvalue weighted by molar-refractivity contribution is 0.174. The molecule has 2 aromatic heterocycles. The Morgan fingerprint density at radius 3 is 2.89 bits per heavy atom. The molecule has 3 aromatic rings. The van der Waals surface area contributed by atoms with Crippen molar-refractivity contribution in [3.05, 3.63) is 64.6 Å². The van der Waals surface area contributed by atoms with Crippen molar-refractivity contribution in [1.82, 2.24) is 19.3 Å². The minimum absolute atomic E-state index is 0.00662. The Labute approximate surface area is 159 Å². The monoisotopic (exact) mass is 383 g/mol. The first kappa shape index (κ1) is 17.9. The van der Waals surface area contributed by atoms with Crippen LogP contribution in [-0.4, -0.2) is 32.7 Å². The number of hydrogen-bond donors (Lipinski definition) is 1. The fourth-order valence-electron chi connectivity index (χ4n) is 2.91. The third-order valence-corrected chi connectivity index (χ3v) is 4.47. The summed E-state index contributed by atoms with van der Waals surface area (Å²) < 4.78 is 26.0. The standard InChI is InChI=1S/C19H18FN5O3/c1-12-2-4-15(14-3-5-16-17(6-14)28-11-27-16)23-18(12)24-10-22-25(19(24)26)9-13(7-20)8-21/h2-7,10H,8-9,11,21H2,1H3/b13-7+. The number of fused-ring (bicyclic) bond motifs is 1. The first-order valence-corrected chi connectivity index (χ1v) is 8.61. The van der Waals surface area contributed by atoms with Crippen molar-refractivity contribution < 1.29 is 13.9 Å². The molecule has 144 valence electrons. The van der Waals surface area contributed by atoms with Gasteiger partial charge in [0, 0.05) is 12.1 Å². The number of pyridine rings is 1. The van der Waals surface area contributed by atoms with Crippen molar-refractivity contribution in [1.29, 1.82) is 0 Å². The molecule has 0 saturated carbocycles. The van der Waals surface area contributed by atoms with Gasteiger partial charge in [0.05, 0.1) is 18.6 Å². The first-order chi connectivity index (χ1) is 13.6. The molecule has 28 heavy (non-hydrogen) atoms. The molecule has 0 spiro atoms. The van der Waals surface area contributed by atoms with Crippen LogP contribution in [-0.2, 0) is 6.54 Å². The molecule has 9 heteroatoms. The quantitative estimate of drug-likeness (QED) is 0.723. The van der Waals surface area contributed by atoms with Crippen LogP contribution in [0.25, 0.3) is 17.1 Å². The molecule has 0 bridgehead atoms. The predicted molar refractivity (Wildman–Crippen MR) is 100 cm³/mol. The number of aryl methyl sites for hydroxylation is 1. The fourth-order valence-corrected chi connectivity index (χ4v) is 2.91. The maximum absolute atomic E-state index is 12.8. The number of halogens is 1. The van der Waals surface area contributed by atoms with Gasteiger partial charge in [-0.05, 0) is 42.3 Å². The lowest BCUT2D eigenvalue weighted by atomic mass is 10.1. The number of aromatic nitrogens is 4. The number of hydrogen-bond acceptors (Lipinski definition) is 6. The second-order valence-electron chi connectivity index (χ2n) is 6.32. The largest absolute Gasteiger partial charge is 0.454 e. The molecular weight excluding hydrogens is 365 g/mol. The molecule has 0 aliphatic carbocycles. The van der Waals surface area contributed by atoms with Crippen LogP contribution in [0, 0.1) is 6.92 Å². The zero-order valence-electron chi connectivity index (χ0n) is 15.1. The minimum Gasteiger partial charge on any atom is -0.454 e. The number of nitrogens with zero attached hydrogens (tertiary/aromatic N) is 4. The molecule has 1 aliphatic rings. The van der Waals surface area contributed by atoms with E-state index in [1.807, 2.05) is 37.3 Å². The summed E-state index contributed by atoms with van der Waals surface area (Å²) in [7, 11) is 0. The van der Waals surface area contributed by atoms with Crippen molar-refractivity contribution in [2.75, 3.05) is 13.3 Å². The third-order valence-electron chi connectivity index (χ3n) is 4.47. The molecule has 0 saturated heterocycles. The van der Waals surface area contributed by atoms with Crippen LogP contribution in [0.1, 0.15) is 5.56 Å². The Kier molecular flexibility index (Phi) is 4.66. The Hall–Kier alpha value is -3.46. The van der Waals surface area contributed by atoms with E-state index >= 15 is 0 Å². The second kappa shape index (κ2) is 7.28. The van der Waals surface area contributed by atoms with Crippen LogP contribution in [0.5, 0.6) is 11.5 Å². The van der Waals surface area contributed by atoms with E-state index in [1.165, 1.54) is 10.9 Å². The van der Waals surface area contributed by atoms with Crippen molar-refractivity contribution in [2.24, 2.45) is 5.73 Å². The van der Waals surface area contributed by atoms with E-state index < -0.39 is 5.69 Å². The second-order valence-corrected chi connectivity index (χ2v) is 6.32. The number of ether oxygens (including phenoxy) is 2. The lowest BCUT2D eigenvalue weighted by Gasteiger charge is -2.08. The highest BCUT2D eigenvalue weighted by molar-refractivity contribution is 5.65. The summed E-state index contributed by atoms with van der Waals surface area (Å²) in [5.74, 6) is 1.79.